The zero-order valence-electron chi connectivity index (χ0n) is 25.8. The monoisotopic (exact) mass is 546 g/mol. The van der Waals surface area contributed by atoms with Crippen molar-refractivity contribution in [1.29, 1.82) is 0 Å². The van der Waals surface area contributed by atoms with Gasteiger partial charge in [0.25, 0.3) is 0 Å². The number of allylic oxidation sites excluding steroid dienone is 7. The molecular formula is C36H50O4. The second-order valence-corrected chi connectivity index (χ2v) is 15.7. The van der Waals surface area contributed by atoms with E-state index >= 15 is 0 Å². The zero-order valence-corrected chi connectivity index (χ0v) is 25.8. The number of esters is 1. The summed E-state index contributed by atoms with van der Waals surface area (Å²) >= 11 is 0. The van der Waals surface area contributed by atoms with Gasteiger partial charge in [-0.15, -0.1) is 0 Å². The number of fused-ring (bicyclic) bond motifs is 7. The fraction of sp³-hybridized carbons (Fsp3) is 0.722. The summed E-state index contributed by atoms with van der Waals surface area (Å²) in [5, 5.41) is 10.4. The summed E-state index contributed by atoms with van der Waals surface area (Å²) in [4.78, 5) is 26.5. The van der Waals surface area contributed by atoms with Gasteiger partial charge in [-0.25, -0.2) is 0 Å². The fourth-order valence-electron chi connectivity index (χ4n) is 10.4. The van der Waals surface area contributed by atoms with E-state index < -0.39 is 5.41 Å². The number of aliphatic hydroxyl groups is 1. The molecule has 0 bridgehead atoms. The molecule has 6 rings (SSSR count). The maximum Gasteiger partial charge on any atom is 0.311 e. The smallest absolute Gasteiger partial charge is 0.311 e. The number of aliphatic hydroxyl groups excluding tert-OH is 1. The van der Waals surface area contributed by atoms with E-state index in [2.05, 4.69) is 46.8 Å². The summed E-state index contributed by atoms with van der Waals surface area (Å²) in [7, 11) is 0. The molecule has 1 N–H and O–H groups in total. The van der Waals surface area contributed by atoms with Crippen molar-refractivity contribution >= 4 is 11.8 Å². The highest BCUT2D eigenvalue weighted by molar-refractivity contribution is 6.06. The Hall–Kier alpha value is -2.10. The van der Waals surface area contributed by atoms with Crippen LogP contribution in [0.4, 0.5) is 0 Å². The number of hydrogen-bond acceptors (Lipinski definition) is 4. The van der Waals surface area contributed by atoms with E-state index in [0.717, 1.165) is 49.7 Å². The van der Waals surface area contributed by atoms with Gasteiger partial charge in [0.1, 0.15) is 0 Å². The molecule has 218 valence electrons. The zero-order chi connectivity index (χ0) is 28.7. The van der Waals surface area contributed by atoms with Crippen LogP contribution in [0.3, 0.4) is 0 Å². The SMILES string of the molecule is CC1=C(O)C(=O)C=C2C1=CC=C1[C@@]2(C)CC[C@@]2(C)[C@@H]3C[C@](C)(C(=O)OCC4CCCCC4)CC[C@]3(C)CC[C@]12C. The van der Waals surface area contributed by atoms with Crippen LogP contribution in [0.1, 0.15) is 119 Å². The number of ketones is 1. The minimum atomic E-state index is -0.424. The topological polar surface area (TPSA) is 63.6 Å². The molecule has 40 heavy (non-hydrogen) atoms. The van der Waals surface area contributed by atoms with Crippen LogP contribution in [0.5, 0.6) is 0 Å². The van der Waals surface area contributed by atoms with Crippen molar-refractivity contribution < 1.29 is 19.4 Å². The van der Waals surface area contributed by atoms with Crippen molar-refractivity contribution in [3.05, 3.63) is 46.3 Å². The van der Waals surface area contributed by atoms with Crippen LogP contribution in [0, 0.1) is 38.9 Å². The lowest BCUT2D eigenvalue weighted by Crippen LogP contribution is -2.62. The molecule has 4 nitrogen and oxygen atoms in total. The molecule has 4 saturated carbocycles. The number of rotatable bonds is 3. The van der Waals surface area contributed by atoms with Gasteiger partial charge in [0.2, 0.25) is 5.78 Å². The van der Waals surface area contributed by atoms with Crippen molar-refractivity contribution in [2.24, 2.45) is 38.9 Å². The maximum absolute atomic E-state index is 13.7. The van der Waals surface area contributed by atoms with Crippen LogP contribution in [0.2, 0.25) is 0 Å². The molecule has 0 unspecified atom stereocenters. The first-order chi connectivity index (χ1) is 18.8. The molecule has 6 atom stereocenters. The molecule has 0 amide bonds. The lowest BCUT2D eigenvalue weighted by molar-refractivity contribution is -0.183. The maximum atomic E-state index is 13.7. The third-order valence-corrected chi connectivity index (χ3v) is 13.5. The van der Waals surface area contributed by atoms with Gasteiger partial charge in [-0.1, -0.05) is 64.7 Å². The van der Waals surface area contributed by atoms with Crippen molar-refractivity contribution in [2.45, 2.75) is 119 Å². The van der Waals surface area contributed by atoms with E-state index in [4.69, 9.17) is 4.74 Å². The number of carbonyl (C=O) groups excluding carboxylic acids is 2. The molecule has 4 fully saturated rings. The van der Waals surface area contributed by atoms with Crippen molar-refractivity contribution in [3.63, 3.8) is 0 Å². The highest BCUT2D eigenvalue weighted by Crippen LogP contribution is 2.75. The van der Waals surface area contributed by atoms with Crippen molar-refractivity contribution in [1.82, 2.24) is 0 Å². The van der Waals surface area contributed by atoms with Gasteiger partial charge < -0.3 is 9.84 Å². The third-order valence-electron chi connectivity index (χ3n) is 13.5. The molecule has 6 aliphatic carbocycles. The Morgan fingerprint density at radius 3 is 2.38 bits per heavy atom. The fourth-order valence-corrected chi connectivity index (χ4v) is 10.4. The Morgan fingerprint density at radius 1 is 0.950 bits per heavy atom. The lowest BCUT2D eigenvalue weighted by atomic mass is 9.34. The predicted molar refractivity (Wildman–Crippen MR) is 158 cm³/mol. The second kappa shape index (κ2) is 9.20. The number of hydrogen-bond donors (Lipinski definition) is 1. The molecule has 6 aliphatic rings. The van der Waals surface area contributed by atoms with E-state index in [1.165, 1.54) is 44.1 Å². The quantitative estimate of drug-likeness (QED) is 0.360. The molecule has 4 heteroatoms. The van der Waals surface area contributed by atoms with Gasteiger partial charge in [-0.2, -0.15) is 0 Å². The molecule has 0 aromatic heterocycles. The second-order valence-electron chi connectivity index (χ2n) is 15.7. The summed E-state index contributed by atoms with van der Waals surface area (Å²) in [6.45, 7) is 14.5. The van der Waals surface area contributed by atoms with E-state index in [1.807, 2.05) is 6.92 Å². The molecule has 0 saturated heterocycles. The average molecular weight is 547 g/mol. The standard InChI is InChI=1S/C36H50O4/c1-23-25-12-13-28-34(4,26(25)20-27(37)30(23)38)17-19-36(6)29-21-33(3,15-14-32(29,2)16-18-35(28,36)5)31(39)40-22-24-10-8-7-9-11-24/h12-13,20,24,29,38H,7-11,14-19,21-22H2,1-6H3/t29-,32-,33-,34+,35-,36+/m1/s1. The molecule has 0 radical (unpaired) electrons. The Balaban J connectivity index is 1.32. The Kier molecular flexibility index (Phi) is 6.45. The Bertz CT molecular complexity index is 1260. The minimum absolute atomic E-state index is 0.0303. The molecule has 0 spiro atoms. The summed E-state index contributed by atoms with van der Waals surface area (Å²) < 4.78 is 6.10. The van der Waals surface area contributed by atoms with Crippen LogP contribution in [-0.2, 0) is 14.3 Å². The summed E-state index contributed by atoms with van der Waals surface area (Å²) in [5.41, 5.74) is 3.85. The first-order valence-electron chi connectivity index (χ1n) is 16.0. The van der Waals surface area contributed by atoms with E-state index in [0.29, 0.717) is 24.0 Å². The van der Waals surface area contributed by atoms with Gasteiger partial charge in [0.05, 0.1) is 12.0 Å². The normalized spacial score (nSPS) is 43.4. The van der Waals surface area contributed by atoms with Gasteiger partial charge in [0, 0.05) is 11.0 Å². The number of ether oxygens (including phenoxy) is 1. The minimum Gasteiger partial charge on any atom is -0.504 e. The van der Waals surface area contributed by atoms with Gasteiger partial charge >= 0.3 is 5.97 Å². The van der Waals surface area contributed by atoms with Crippen molar-refractivity contribution in [3.8, 4) is 0 Å². The number of carbonyl (C=O) groups is 2. The van der Waals surface area contributed by atoms with Gasteiger partial charge in [0.15, 0.2) is 5.76 Å². The lowest BCUT2D eigenvalue weighted by Gasteiger charge is -2.70. The largest absolute Gasteiger partial charge is 0.504 e. The van der Waals surface area contributed by atoms with E-state index in [1.54, 1.807) is 6.08 Å². The molecule has 0 aliphatic heterocycles. The Labute approximate surface area is 241 Å². The van der Waals surface area contributed by atoms with E-state index in [-0.39, 0.29) is 39.2 Å². The summed E-state index contributed by atoms with van der Waals surface area (Å²) in [6.07, 6.45) is 19.7. The van der Waals surface area contributed by atoms with Crippen LogP contribution in [-0.4, -0.2) is 23.5 Å². The van der Waals surface area contributed by atoms with Crippen LogP contribution < -0.4 is 0 Å². The van der Waals surface area contributed by atoms with Crippen LogP contribution in [0.15, 0.2) is 46.3 Å². The molecule has 0 aromatic rings. The highest BCUT2D eigenvalue weighted by Gasteiger charge is 2.67. The summed E-state index contributed by atoms with van der Waals surface area (Å²) in [5.74, 6) is 0.626. The first-order valence-corrected chi connectivity index (χ1v) is 16.0. The molecule has 0 heterocycles. The van der Waals surface area contributed by atoms with Crippen LogP contribution in [0.25, 0.3) is 0 Å². The molecule has 0 aromatic carbocycles. The third kappa shape index (κ3) is 3.83. The Morgan fingerprint density at radius 2 is 1.65 bits per heavy atom. The average Bonchev–Trinajstić information content (AvgIpc) is 2.94. The first kappa shape index (κ1) is 28.0. The highest BCUT2D eigenvalue weighted by atomic mass is 16.5. The van der Waals surface area contributed by atoms with E-state index in [9.17, 15) is 14.7 Å². The van der Waals surface area contributed by atoms with Crippen LogP contribution >= 0.6 is 0 Å². The summed E-state index contributed by atoms with van der Waals surface area (Å²) in [6, 6.07) is 0. The van der Waals surface area contributed by atoms with Gasteiger partial charge in [-0.3, -0.25) is 9.59 Å². The van der Waals surface area contributed by atoms with Crippen molar-refractivity contribution in [2.75, 3.05) is 6.61 Å². The molecular weight excluding hydrogens is 496 g/mol. The predicted octanol–water partition coefficient (Wildman–Crippen LogP) is 8.74. The van der Waals surface area contributed by atoms with Gasteiger partial charge in [-0.05, 0) is 117 Å².